The van der Waals surface area contributed by atoms with Crippen molar-refractivity contribution in [2.45, 2.75) is 51.0 Å². The highest BCUT2D eigenvalue weighted by Crippen LogP contribution is 2.28. The first-order chi connectivity index (χ1) is 13.6. The van der Waals surface area contributed by atoms with E-state index in [1.807, 2.05) is 11.9 Å². The molecule has 0 atom stereocenters. The fourth-order valence-electron chi connectivity index (χ4n) is 4.42. The summed E-state index contributed by atoms with van der Waals surface area (Å²) in [6.07, 6.45) is 10.6. The zero-order chi connectivity index (χ0) is 19.5. The standard InChI is InChI=1S/C20H31N7O/c1-24-14-17(13-21-24)20(28)27-11-7-16(8-12-27)19-23-22-18(25(19)2)15-26-9-5-3-4-6-10-26/h13-14,16H,3-12,15H2,1-2H3. The Morgan fingerprint density at radius 1 is 1.04 bits per heavy atom. The Balaban J connectivity index is 1.35. The van der Waals surface area contributed by atoms with Gasteiger partial charge in [-0.15, -0.1) is 10.2 Å². The maximum Gasteiger partial charge on any atom is 0.257 e. The van der Waals surface area contributed by atoms with Crippen LogP contribution in [0.5, 0.6) is 0 Å². The molecule has 152 valence electrons. The quantitative estimate of drug-likeness (QED) is 0.804. The molecule has 0 spiro atoms. The molecule has 0 unspecified atom stereocenters. The minimum atomic E-state index is 0.0753. The van der Waals surface area contributed by atoms with Crippen molar-refractivity contribution in [1.82, 2.24) is 34.3 Å². The normalized spacial score (nSPS) is 19.7. The summed E-state index contributed by atoms with van der Waals surface area (Å²) in [5.41, 5.74) is 0.666. The van der Waals surface area contributed by atoms with Gasteiger partial charge in [0.15, 0.2) is 0 Å². The third kappa shape index (κ3) is 4.11. The van der Waals surface area contributed by atoms with E-state index in [-0.39, 0.29) is 5.91 Å². The number of aryl methyl sites for hydroxylation is 1. The molecule has 2 aliphatic heterocycles. The summed E-state index contributed by atoms with van der Waals surface area (Å²) in [4.78, 5) is 17.1. The van der Waals surface area contributed by atoms with Gasteiger partial charge in [-0.1, -0.05) is 12.8 Å². The molecular weight excluding hydrogens is 354 g/mol. The smallest absolute Gasteiger partial charge is 0.257 e. The fraction of sp³-hybridized carbons (Fsp3) is 0.700. The number of aromatic nitrogens is 5. The Morgan fingerprint density at radius 2 is 1.75 bits per heavy atom. The molecule has 28 heavy (non-hydrogen) atoms. The van der Waals surface area contributed by atoms with Crippen molar-refractivity contribution >= 4 is 5.91 Å². The summed E-state index contributed by atoms with van der Waals surface area (Å²) < 4.78 is 3.86. The Bertz CT molecular complexity index is 795. The summed E-state index contributed by atoms with van der Waals surface area (Å²) in [7, 11) is 3.93. The summed E-state index contributed by atoms with van der Waals surface area (Å²) >= 11 is 0. The Labute approximate surface area is 166 Å². The number of likely N-dealkylation sites (tertiary alicyclic amines) is 2. The van der Waals surface area contributed by atoms with Crippen LogP contribution in [0, 0.1) is 0 Å². The maximum atomic E-state index is 12.6. The van der Waals surface area contributed by atoms with Gasteiger partial charge in [0, 0.05) is 39.3 Å². The molecule has 1 amide bonds. The molecule has 0 N–H and O–H groups in total. The molecule has 2 saturated heterocycles. The van der Waals surface area contributed by atoms with E-state index in [9.17, 15) is 4.79 Å². The van der Waals surface area contributed by atoms with Gasteiger partial charge in [0.1, 0.15) is 11.6 Å². The number of carbonyl (C=O) groups excluding carboxylic acids is 1. The maximum absolute atomic E-state index is 12.6. The van der Waals surface area contributed by atoms with E-state index in [0.29, 0.717) is 11.5 Å². The van der Waals surface area contributed by atoms with Gasteiger partial charge in [0.25, 0.3) is 5.91 Å². The van der Waals surface area contributed by atoms with Crippen molar-refractivity contribution in [2.24, 2.45) is 14.1 Å². The van der Waals surface area contributed by atoms with E-state index in [1.165, 1.54) is 25.7 Å². The molecule has 4 heterocycles. The predicted molar refractivity (Wildman–Crippen MR) is 106 cm³/mol. The summed E-state index contributed by atoms with van der Waals surface area (Å²) in [5.74, 6) is 2.57. The number of hydrogen-bond acceptors (Lipinski definition) is 5. The molecule has 0 bridgehead atoms. The second-order valence-corrected chi connectivity index (χ2v) is 8.19. The van der Waals surface area contributed by atoms with Crippen LogP contribution in [0.3, 0.4) is 0 Å². The molecule has 2 aliphatic rings. The summed E-state index contributed by atoms with van der Waals surface area (Å²) in [5, 5.41) is 13.1. The van der Waals surface area contributed by atoms with Crippen molar-refractivity contribution in [2.75, 3.05) is 26.2 Å². The summed E-state index contributed by atoms with van der Waals surface area (Å²) in [6, 6.07) is 0. The minimum absolute atomic E-state index is 0.0753. The SMILES string of the molecule is Cn1cc(C(=O)N2CCC(c3nnc(CN4CCCCCC4)n3C)CC2)cn1. The largest absolute Gasteiger partial charge is 0.339 e. The van der Waals surface area contributed by atoms with Crippen molar-refractivity contribution in [1.29, 1.82) is 0 Å². The molecule has 0 aromatic carbocycles. The van der Waals surface area contributed by atoms with Crippen molar-refractivity contribution < 1.29 is 4.79 Å². The van der Waals surface area contributed by atoms with Gasteiger partial charge in [-0.05, 0) is 38.8 Å². The highest BCUT2D eigenvalue weighted by atomic mass is 16.2. The Hall–Kier alpha value is -2.22. The van der Waals surface area contributed by atoms with Gasteiger partial charge in [-0.25, -0.2) is 0 Å². The van der Waals surface area contributed by atoms with Gasteiger partial charge < -0.3 is 9.47 Å². The Morgan fingerprint density at radius 3 is 2.39 bits per heavy atom. The fourth-order valence-corrected chi connectivity index (χ4v) is 4.42. The number of carbonyl (C=O) groups is 1. The van der Waals surface area contributed by atoms with Crippen LogP contribution in [0.15, 0.2) is 12.4 Å². The van der Waals surface area contributed by atoms with Crippen molar-refractivity contribution in [3.8, 4) is 0 Å². The van der Waals surface area contributed by atoms with Crippen molar-refractivity contribution in [3.63, 3.8) is 0 Å². The van der Waals surface area contributed by atoms with Crippen molar-refractivity contribution in [3.05, 3.63) is 29.6 Å². The van der Waals surface area contributed by atoms with Gasteiger partial charge in [0.05, 0.1) is 18.3 Å². The monoisotopic (exact) mass is 385 g/mol. The third-order valence-corrected chi connectivity index (χ3v) is 6.16. The molecule has 2 aromatic heterocycles. The molecule has 0 saturated carbocycles. The number of amides is 1. The minimum Gasteiger partial charge on any atom is -0.339 e. The molecule has 8 heteroatoms. The highest BCUT2D eigenvalue weighted by molar-refractivity contribution is 5.93. The number of piperidine rings is 1. The highest BCUT2D eigenvalue weighted by Gasteiger charge is 2.28. The Kier molecular flexibility index (Phi) is 5.75. The zero-order valence-electron chi connectivity index (χ0n) is 17.0. The number of rotatable bonds is 4. The predicted octanol–water partition coefficient (Wildman–Crippen LogP) is 1.94. The van der Waals surface area contributed by atoms with Crippen LogP contribution >= 0.6 is 0 Å². The third-order valence-electron chi connectivity index (χ3n) is 6.16. The lowest BCUT2D eigenvalue weighted by Crippen LogP contribution is -2.38. The molecule has 4 rings (SSSR count). The first-order valence-electron chi connectivity index (χ1n) is 10.5. The second-order valence-electron chi connectivity index (χ2n) is 8.19. The van der Waals surface area contributed by atoms with Crippen LogP contribution in [-0.4, -0.2) is 66.4 Å². The lowest BCUT2D eigenvalue weighted by atomic mass is 9.95. The van der Waals surface area contributed by atoms with Gasteiger partial charge in [0.2, 0.25) is 0 Å². The van der Waals surface area contributed by atoms with Gasteiger partial charge >= 0.3 is 0 Å². The first kappa shape index (κ1) is 19.1. The molecule has 0 aliphatic carbocycles. The molecule has 8 nitrogen and oxygen atoms in total. The first-order valence-corrected chi connectivity index (χ1v) is 10.5. The van der Waals surface area contributed by atoms with Crippen LogP contribution in [0.4, 0.5) is 0 Å². The molecule has 0 radical (unpaired) electrons. The van der Waals surface area contributed by atoms with Crippen LogP contribution in [0.25, 0.3) is 0 Å². The van der Waals surface area contributed by atoms with E-state index in [2.05, 4.69) is 31.8 Å². The van der Waals surface area contributed by atoms with E-state index in [4.69, 9.17) is 0 Å². The van der Waals surface area contributed by atoms with Gasteiger partial charge in [-0.3, -0.25) is 14.4 Å². The lowest BCUT2D eigenvalue weighted by Gasteiger charge is -2.31. The van der Waals surface area contributed by atoms with E-state index < -0.39 is 0 Å². The van der Waals surface area contributed by atoms with E-state index >= 15 is 0 Å². The average Bonchev–Trinajstić information content (AvgIpc) is 3.19. The topological polar surface area (TPSA) is 72.1 Å². The lowest BCUT2D eigenvalue weighted by molar-refractivity contribution is 0.0710. The van der Waals surface area contributed by atoms with Gasteiger partial charge in [-0.2, -0.15) is 5.10 Å². The number of hydrogen-bond donors (Lipinski definition) is 0. The van der Waals surface area contributed by atoms with Crippen LogP contribution < -0.4 is 0 Å². The van der Waals surface area contributed by atoms with Crippen LogP contribution in [0.2, 0.25) is 0 Å². The number of nitrogens with zero attached hydrogens (tertiary/aromatic N) is 7. The molecule has 2 fully saturated rings. The molecule has 2 aromatic rings. The van der Waals surface area contributed by atoms with Crippen LogP contribution in [-0.2, 0) is 20.6 Å². The van der Waals surface area contributed by atoms with Crippen LogP contribution in [0.1, 0.15) is 66.4 Å². The second kappa shape index (κ2) is 8.43. The van der Waals surface area contributed by atoms with E-state index in [0.717, 1.165) is 57.2 Å². The molecular formula is C20H31N7O. The average molecular weight is 386 g/mol. The summed E-state index contributed by atoms with van der Waals surface area (Å²) in [6.45, 7) is 4.73. The zero-order valence-corrected chi connectivity index (χ0v) is 17.0. The van der Waals surface area contributed by atoms with E-state index in [1.54, 1.807) is 17.1 Å².